The zero-order valence-electron chi connectivity index (χ0n) is 12.6. The molecule has 1 amide bonds. The molecule has 0 unspecified atom stereocenters. The molecule has 1 aromatic heterocycles. The fourth-order valence-corrected chi connectivity index (χ4v) is 3.09. The van der Waals surface area contributed by atoms with E-state index in [1.165, 1.54) is 32.1 Å². The van der Waals surface area contributed by atoms with Crippen LogP contribution in [0.2, 0.25) is 0 Å². The fourth-order valence-electron chi connectivity index (χ4n) is 3.09. The van der Waals surface area contributed by atoms with Crippen LogP contribution in [0.15, 0.2) is 6.33 Å². The van der Waals surface area contributed by atoms with Gasteiger partial charge in [0.15, 0.2) is 5.82 Å². The monoisotopic (exact) mass is 278 g/mol. The first-order chi connectivity index (χ1) is 9.70. The molecule has 0 aliphatic heterocycles. The molecule has 5 heteroatoms. The second kappa shape index (κ2) is 7.41. The van der Waals surface area contributed by atoms with E-state index in [1.54, 1.807) is 6.33 Å². The van der Waals surface area contributed by atoms with Crippen molar-refractivity contribution in [1.29, 1.82) is 0 Å². The van der Waals surface area contributed by atoms with E-state index in [4.69, 9.17) is 0 Å². The maximum atomic E-state index is 12.0. The van der Waals surface area contributed by atoms with E-state index in [1.807, 2.05) is 11.5 Å². The molecular weight excluding hydrogens is 252 g/mol. The van der Waals surface area contributed by atoms with Gasteiger partial charge in [-0.05, 0) is 18.8 Å². The van der Waals surface area contributed by atoms with Gasteiger partial charge in [0.2, 0.25) is 5.91 Å². The van der Waals surface area contributed by atoms with Gasteiger partial charge in [-0.2, -0.15) is 0 Å². The molecule has 1 saturated carbocycles. The van der Waals surface area contributed by atoms with Gasteiger partial charge in [0.25, 0.3) is 0 Å². The fraction of sp³-hybridized carbons (Fsp3) is 0.800. The highest BCUT2D eigenvalue weighted by molar-refractivity contribution is 5.76. The average Bonchev–Trinajstić information content (AvgIpc) is 2.93. The minimum Gasteiger partial charge on any atom is -0.349 e. The smallest absolute Gasteiger partial charge is 0.220 e. The Labute approximate surface area is 121 Å². The molecule has 0 saturated heterocycles. The van der Waals surface area contributed by atoms with Crippen LogP contribution in [0.4, 0.5) is 0 Å². The van der Waals surface area contributed by atoms with Crippen molar-refractivity contribution in [2.24, 2.45) is 11.8 Å². The highest BCUT2D eigenvalue weighted by atomic mass is 16.1. The zero-order valence-corrected chi connectivity index (χ0v) is 12.6. The molecule has 0 radical (unpaired) electrons. The maximum absolute atomic E-state index is 12.0. The Kier molecular flexibility index (Phi) is 5.56. The standard InChI is InChI=1S/C15H26N4O/c1-3-19-11-17-18-14(19)10-16-15(20)9-12(2)13-7-5-4-6-8-13/h11-13H,3-10H2,1-2H3,(H,16,20)/t12-/m0/s1. The number of aryl methyl sites for hydroxylation is 1. The van der Waals surface area contributed by atoms with Gasteiger partial charge >= 0.3 is 0 Å². The molecule has 0 bridgehead atoms. The second-order valence-electron chi connectivity index (χ2n) is 5.89. The number of amides is 1. The highest BCUT2D eigenvalue weighted by Crippen LogP contribution is 2.31. The van der Waals surface area contributed by atoms with Crippen LogP contribution in [-0.2, 0) is 17.9 Å². The minimum atomic E-state index is 0.133. The molecule has 1 atom stereocenters. The number of hydrogen-bond acceptors (Lipinski definition) is 3. The van der Waals surface area contributed by atoms with Crippen LogP contribution in [0.3, 0.4) is 0 Å². The van der Waals surface area contributed by atoms with E-state index >= 15 is 0 Å². The van der Waals surface area contributed by atoms with Gasteiger partial charge in [0, 0.05) is 13.0 Å². The lowest BCUT2D eigenvalue weighted by molar-refractivity contribution is -0.122. The molecule has 112 valence electrons. The van der Waals surface area contributed by atoms with E-state index in [2.05, 4.69) is 22.4 Å². The van der Waals surface area contributed by atoms with Crippen LogP contribution >= 0.6 is 0 Å². The molecule has 0 spiro atoms. The van der Waals surface area contributed by atoms with E-state index < -0.39 is 0 Å². The predicted octanol–water partition coefficient (Wildman–Crippen LogP) is 2.52. The lowest BCUT2D eigenvalue weighted by atomic mass is 9.79. The first-order valence-corrected chi connectivity index (χ1v) is 7.84. The molecule has 1 aliphatic rings. The Morgan fingerprint density at radius 2 is 2.20 bits per heavy atom. The summed E-state index contributed by atoms with van der Waals surface area (Å²) < 4.78 is 1.95. The summed E-state index contributed by atoms with van der Waals surface area (Å²) >= 11 is 0. The molecule has 1 N–H and O–H groups in total. The van der Waals surface area contributed by atoms with Gasteiger partial charge in [0.05, 0.1) is 6.54 Å². The molecule has 20 heavy (non-hydrogen) atoms. The first kappa shape index (κ1) is 15.0. The van der Waals surface area contributed by atoms with Crippen LogP contribution in [0.1, 0.15) is 58.2 Å². The Bertz CT molecular complexity index is 423. The zero-order chi connectivity index (χ0) is 14.4. The number of rotatable bonds is 6. The summed E-state index contributed by atoms with van der Waals surface area (Å²) in [4.78, 5) is 12.0. The van der Waals surface area contributed by atoms with Crippen LogP contribution in [0.25, 0.3) is 0 Å². The van der Waals surface area contributed by atoms with Gasteiger partial charge in [0.1, 0.15) is 6.33 Å². The maximum Gasteiger partial charge on any atom is 0.220 e. The molecule has 1 fully saturated rings. The molecule has 1 aliphatic carbocycles. The summed E-state index contributed by atoms with van der Waals surface area (Å²) in [5.41, 5.74) is 0. The second-order valence-corrected chi connectivity index (χ2v) is 5.89. The van der Waals surface area contributed by atoms with E-state index in [0.717, 1.165) is 18.3 Å². The van der Waals surface area contributed by atoms with Crippen molar-refractivity contribution < 1.29 is 4.79 Å². The van der Waals surface area contributed by atoms with Crippen LogP contribution in [0.5, 0.6) is 0 Å². The number of carbonyl (C=O) groups is 1. The quantitative estimate of drug-likeness (QED) is 0.870. The average molecular weight is 278 g/mol. The molecular formula is C15H26N4O. The highest BCUT2D eigenvalue weighted by Gasteiger charge is 2.22. The predicted molar refractivity (Wildman–Crippen MR) is 77.9 cm³/mol. The summed E-state index contributed by atoms with van der Waals surface area (Å²) in [6.45, 7) is 5.56. The van der Waals surface area contributed by atoms with Crippen molar-refractivity contribution in [3.8, 4) is 0 Å². The van der Waals surface area contributed by atoms with Gasteiger partial charge < -0.3 is 9.88 Å². The van der Waals surface area contributed by atoms with E-state index in [0.29, 0.717) is 18.9 Å². The summed E-state index contributed by atoms with van der Waals surface area (Å²) in [5.74, 6) is 2.17. The van der Waals surface area contributed by atoms with Crippen molar-refractivity contribution in [3.63, 3.8) is 0 Å². The Hall–Kier alpha value is -1.39. The topological polar surface area (TPSA) is 59.8 Å². The normalized spacial score (nSPS) is 17.9. The Balaban J connectivity index is 1.74. The minimum absolute atomic E-state index is 0.133. The Morgan fingerprint density at radius 1 is 1.45 bits per heavy atom. The van der Waals surface area contributed by atoms with Crippen molar-refractivity contribution in [2.45, 2.75) is 65.5 Å². The van der Waals surface area contributed by atoms with E-state index in [-0.39, 0.29) is 5.91 Å². The van der Waals surface area contributed by atoms with Gasteiger partial charge in [-0.15, -0.1) is 10.2 Å². The third-order valence-electron chi connectivity index (χ3n) is 4.44. The summed E-state index contributed by atoms with van der Waals surface area (Å²) in [7, 11) is 0. The van der Waals surface area contributed by atoms with Crippen molar-refractivity contribution >= 4 is 5.91 Å². The molecule has 5 nitrogen and oxygen atoms in total. The van der Waals surface area contributed by atoms with Crippen LogP contribution in [-0.4, -0.2) is 20.7 Å². The van der Waals surface area contributed by atoms with Crippen LogP contribution in [0, 0.1) is 11.8 Å². The van der Waals surface area contributed by atoms with Crippen molar-refractivity contribution in [3.05, 3.63) is 12.2 Å². The summed E-state index contributed by atoms with van der Waals surface area (Å²) in [6.07, 6.45) is 8.93. The number of nitrogens with zero attached hydrogens (tertiary/aromatic N) is 3. The first-order valence-electron chi connectivity index (χ1n) is 7.84. The largest absolute Gasteiger partial charge is 0.349 e. The molecule has 1 heterocycles. The van der Waals surface area contributed by atoms with Gasteiger partial charge in [-0.25, -0.2) is 0 Å². The van der Waals surface area contributed by atoms with Crippen LogP contribution < -0.4 is 5.32 Å². The van der Waals surface area contributed by atoms with Crippen molar-refractivity contribution in [2.75, 3.05) is 0 Å². The SMILES string of the molecule is CCn1cnnc1CNC(=O)C[C@H](C)C1CCCCC1. The number of nitrogens with one attached hydrogen (secondary N) is 1. The summed E-state index contributed by atoms with van der Waals surface area (Å²) in [6, 6.07) is 0. The molecule has 0 aromatic carbocycles. The number of carbonyl (C=O) groups excluding carboxylic acids is 1. The van der Waals surface area contributed by atoms with Crippen molar-refractivity contribution in [1.82, 2.24) is 20.1 Å². The third-order valence-corrected chi connectivity index (χ3v) is 4.44. The number of aromatic nitrogens is 3. The van der Waals surface area contributed by atoms with Gasteiger partial charge in [-0.1, -0.05) is 39.0 Å². The number of hydrogen-bond donors (Lipinski definition) is 1. The lowest BCUT2D eigenvalue weighted by Gasteiger charge is -2.27. The third kappa shape index (κ3) is 4.05. The Morgan fingerprint density at radius 3 is 2.90 bits per heavy atom. The summed E-state index contributed by atoms with van der Waals surface area (Å²) in [5, 5.41) is 10.9. The molecule has 1 aromatic rings. The molecule has 2 rings (SSSR count). The van der Waals surface area contributed by atoms with Gasteiger partial charge in [-0.3, -0.25) is 4.79 Å². The lowest BCUT2D eigenvalue weighted by Crippen LogP contribution is -2.28. The van der Waals surface area contributed by atoms with E-state index in [9.17, 15) is 4.79 Å².